The summed E-state index contributed by atoms with van der Waals surface area (Å²) in [6.07, 6.45) is 4.52. The van der Waals surface area contributed by atoms with Crippen molar-refractivity contribution in [2.45, 2.75) is 49.1 Å². The van der Waals surface area contributed by atoms with Gasteiger partial charge in [-0.1, -0.05) is 60.0 Å². The fourth-order valence-corrected chi connectivity index (χ4v) is 6.90. The van der Waals surface area contributed by atoms with Gasteiger partial charge in [0, 0.05) is 33.6 Å². The van der Waals surface area contributed by atoms with Gasteiger partial charge in [0.25, 0.3) is 0 Å². The molecule has 2 amide bonds. The van der Waals surface area contributed by atoms with Gasteiger partial charge in [-0.25, -0.2) is 4.79 Å². The SMILES string of the molecule is O=C1N[C@H]2[C@H](CS[C@H]2CCCCC(=O)OCC2=Cc3cc(Cl)cc(Cl)c3OC2c2ccccc2)N1. The van der Waals surface area contributed by atoms with Gasteiger partial charge < -0.3 is 20.1 Å². The summed E-state index contributed by atoms with van der Waals surface area (Å²) in [5.74, 6) is 1.27. The molecule has 1 unspecified atom stereocenters. The first-order chi connectivity index (χ1) is 17.0. The quantitative estimate of drug-likeness (QED) is 0.256. The number of carbonyl (C=O) groups is 2. The Bertz CT molecular complexity index is 1140. The molecule has 184 valence electrons. The molecule has 2 aromatic carbocycles. The van der Waals surface area contributed by atoms with Gasteiger partial charge in [0.05, 0.1) is 17.1 Å². The van der Waals surface area contributed by atoms with Crippen molar-refractivity contribution in [3.63, 3.8) is 0 Å². The molecule has 2 aromatic rings. The number of ether oxygens (including phenoxy) is 2. The molecule has 3 heterocycles. The number of unbranched alkanes of at least 4 members (excludes halogenated alkanes) is 1. The molecule has 9 heteroatoms. The number of benzene rings is 2. The maximum atomic E-state index is 12.5. The number of urea groups is 1. The van der Waals surface area contributed by atoms with Crippen LogP contribution in [0.3, 0.4) is 0 Å². The monoisotopic (exact) mass is 532 g/mol. The Morgan fingerprint density at radius 1 is 1.14 bits per heavy atom. The summed E-state index contributed by atoms with van der Waals surface area (Å²) < 4.78 is 11.9. The first-order valence-corrected chi connectivity index (χ1v) is 13.5. The molecule has 0 radical (unpaired) electrons. The highest BCUT2D eigenvalue weighted by Gasteiger charge is 2.42. The number of halogens is 2. The Labute approximate surface area is 218 Å². The van der Waals surface area contributed by atoms with E-state index in [0.29, 0.717) is 27.5 Å². The summed E-state index contributed by atoms with van der Waals surface area (Å²) in [6.45, 7) is 0.127. The second kappa shape index (κ2) is 10.7. The zero-order chi connectivity index (χ0) is 24.4. The third-order valence-corrected chi connectivity index (χ3v) is 8.52. The topological polar surface area (TPSA) is 76.7 Å². The van der Waals surface area contributed by atoms with E-state index in [0.717, 1.165) is 41.7 Å². The molecule has 5 rings (SSSR count). The van der Waals surface area contributed by atoms with Gasteiger partial charge in [0.2, 0.25) is 0 Å². The number of rotatable bonds is 8. The van der Waals surface area contributed by atoms with E-state index in [4.69, 9.17) is 32.7 Å². The number of thioether (sulfide) groups is 1. The van der Waals surface area contributed by atoms with E-state index in [2.05, 4.69) is 10.6 Å². The average Bonchev–Trinajstić information content (AvgIpc) is 3.39. The summed E-state index contributed by atoms with van der Waals surface area (Å²) in [6, 6.07) is 13.6. The predicted octanol–water partition coefficient (Wildman–Crippen LogP) is 5.78. The molecule has 4 atom stereocenters. The van der Waals surface area contributed by atoms with Crippen molar-refractivity contribution in [1.82, 2.24) is 10.6 Å². The second-order valence-electron chi connectivity index (χ2n) is 8.96. The zero-order valence-corrected chi connectivity index (χ0v) is 21.3. The van der Waals surface area contributed by atoms with Crippen LogP contribution in [0.15, 0.2) is 48.0 Å². The molecule has 3 aliphatic rings. The molecule has 3 aliphatic heterocycles. The predicted molar refractivity (Wildman–Crippen MR) is 139 cm³/mol. The number of hydrogen-bond acceptors (Lipinski definition) is 5. The Morgan fingerprint density at radius 3 is 2.80 bits per heavy atom. The van der Waals surface area contributed by atoms with Gasteiger partial charge >= 0.3 is 12.0 Å². The van der Waals surface area contributed by atoms with E-state index in [-0.39, 0.29) is 30.7 Å². The van der Waals surface area contributed by atoms with E-state index in [1.165, 1.54) is 0 Å². The Hall–Kier alpha value is -2.35. The first kappa shape index (κ1) is 24.3. The molecule has 2 fully saturated rings. The molecular formula is C26H26Cl2N2O4S. The number of amides is 2. The second-order valence-corrected chi connectivity index (χ2v) is 11.1. The van der Waals surface area contributed by atoms with Gasteiger partial charge in [0.1, 0.15) is 18.5 Å². The summed E-state index contributed by atoms with van der Waals surface area (Å²) in [5, 5.41) is 7.32. The van der Waals surface area contributed by atoms with Crippen molar-refractivity contribution >= 4 is 53.0 Å². The fraction of sp³-hybridized carbons (Fsp3) is 0.385. The molecule has 0 saturated carbocycles. The van der Waals surface area contributed by atoms with Crippen LogP contribution in [0.1, 0.15) is 42.9 Å². The number of hydrogen-bond donors (Lipinski definition) is 2. The summed E-state index contributed by atoms with van der Waals surface area (Å²) >= 11 is 14.5. The van der Waals surface area contributed by atoms with Crippen LogP contribution in [0.4, 0.5) is 4.79 Å². The summed E-state index contributed by atoms with van der Waals surface area (Å²) in [7, 11) is 0. The number of carbonyl (C=O) groups excluding carboxylic acids is 2. The van der Waals surface area contributed by atoms with Gasteiger partial charge in [0.15, 0.2) is 0 Å². The minimum atomic E-state index is -0.405. The van der Waals surface area contributed by atoms with Crippen LogP contribution in [0.5, 0.6) is 5.75 Å². The minimum Gasteiger partial charge on any atom is -0.479 e. The van der Waals surface area contributed by atoms with Gasteiger partial charge in [-0.2, -0.15) is 11.8 Å². The van der Waals surface area contributed by atoms with Crippen LogP contribution in [0.2, 0.25) is 10.0 Å². The Balaban J connectivity index is 1.16. The van der Waals surface area contributed by atoms with E-state index in [9.17, 15) is 9.59 Å². The van der Waals surface area contributed by atoms with Crippen molar-refractivity contribution in [2.24, 2.45) is 0 Å². The van der Waals surface area contributed by atoms with Gasteiger partial charge in [-0.3, -0.25) is 4.79 Å². The molecule has 2 saturated heterocycles. The smallest absolute Gasteiger partial charge is 0.315 e. The maximum Gasteiger partial charge on any atom is 0.315 e. The van der Waals surface area contributed by atoms with Crippen LogP contribution >= 0.6 is 35.0 Å². The minimum absolute atomic E-state index is 0.0733. The Kier molecular flexibility index (Phi) is 7.46. The standard InChI is InChI=1S/C26H26Cl2N2O4S/c27-18-11-16-10-17(24(15-6-2-1-3-7-15)34-25(16)19(28)12-18)13-33-22(31)9-5-4-8-21-23-20(14-35-21)29-26(32)30-23/h1-3,6-7,10-12,20-21,23-24H,4-5,8-9,13-14H2,(H2,29,30,32)/t20-,21-,23-,24?/m0/s1. The third-order valence-electron chi connectivity index (χ3n) is 6.51. The highest BCUT2D eigenvalue weighted by Crippen LogP contribution is 2.43. The highest BCUT2D eigenvalue weighted by atomic mass is 35.5. The van der Waals surface area contributed by atoms with Crippen molar-refractivity contribution in [3.05, 3.63) is 69.2 Å². The van der Waals surface area contributed by atoms with Crippen LogP contribution in [-0.2, 0) is 9.53 Å². The lowest BCUT2D eigenvalue weighted by atomic mass is 9.96. The lowest BCUT2D eigenvalue weighted by Crippen LogP contribution is -2.36. The lowest BCUT2D eigenvalue weighted by Gasteiger charge is -2.28. The third kappa shape index (κ3) is 5.57. The molecule has 35 heavy (non-hydrogen) atoms. The normalized spacial score (nSPS) is 24.5. The first-order valence-electron chi connectivity index (χ1n) is 11.7. The van der Waals surface area contributed by atoms with Gasteiger partial charge in [-0.15, -0.1) is 0 Å². The molecule has 0 bridgehead atoms. The van der Waals surface area contributed by atoms with E-state index in [1.54, 1.807) is 12.1 Å². The molecule has 0 spiro atoms. The molecule has 0 aliphatic carbocycles. The van der Waals surface area contributed by atoms with Crippen LogP contribution in [0, 0.1) is 0 Å². The highest BCUT2D eigenvalue weighted by molar-refractivity contribution is 8.00. The number of esters is 1. The zero-order valence-electron chi connectivity index (χ0n) is 19.0. The van der Waals surface area contributed by atoms with Crippen molar-refractivity contribution in [1.29, 1.82) is 0 Å². The fourth-order valence-electron chi connectivity index (χ4n) is 4.80. The van der Waals surface area contributed by atoms with Crippen molar-refractivity contribution < 1.29 is 19.1 Å². The molecular weight excluding hydrogens is 507 g/mol. The van der Waals surface area contributed by atoms with E-state index >= 15 is 0 Å². The van der Waals surface area contributed by atoms with Crippen molar-refractivity contribution in [3.8, 4) is 5.75 Å². The molecule has 0 aromatic heterocycles. The maximum absolute atomic E-state index is 12.5. The van der Waals surface area contributed by atoms with E-state index < -0.39 is 6.10 Å². The summed E-state index contributed by atoms with van der Waals surface area (Å²) in [5.41, 5.74) is 2.54. The van der Waals surface area contributed by atoms with Crippen molar-refractivity contribution in [2.75, 3.05) is 12.4 Å². The molecule has 6 nitrogen and oxygen atoms in total. The number of fused-ring (bicyclic) bond motifs is 2. The van der Waals surface area contributed by atoms with E-state index in [1.807, 2.05) is 48.2 Å². The summed E-state index contributed by atoms with van der Waals surface area (Å²) in [4.78, 5) is 24.0. The Morgan fingerprint density at radius 2 is 1.97 bits per heavy atom. The molecule has 2 N–H and O–H groups in total. The average molecular weight is 533 g/mol. The largest absolute Gasteiger partial charge is 0.479 e. The number of nitrogens with one attached hydrogen (secondary N) is 2. The lowest BCUT2D eigenvalue weighted by molar-refractivity contribution is -0.143. The van der Waals surface area contributed by atoms with Crippen LogP contribution in [0.25, 0.3) is 6.08 Å². The van der Waals surface area contributed by atoms with Crippen LogP contribution < -0.4 is 15.4 Å². The van der Waals surface area contributed by atoms with Crippen LogP contribution in [-0.4, -0.2) is 41.7 Å². The van der Waals surface area contributed by atoms with Gasteiger partial charge in [-0.05, 0) is 36.6 Å².